The fraction of sp³-hybridized carbons (Fsp3) is 0.727. The van der Waals surface area contributed by atoms with E-state index in [1.54, 1.807) is 4.68 Å². The highest BCUT2D eigenvalue weighted by molar-refractivity contribution is 5.04. The van der Waals surface area contributed by atoms with Crippen molar-refractivity contribution in [1.29, 1.82) is 0 Å². The molecule has 1 aromatic rings. The molecule has 2 heterocycles. The summed E-state index contributed by atoms with van der Waals surface area (Å²) in [6, 6.07) is 0.640. The van der Waals surface area contributed by atoms with E-state index in [4.69, 9.17) is 5.11 Å². The molecule has 1 saturated heterocycles. The molecule has 1 aromatic heterocycles. The molecule has 1 fully saturated rings. The molecule has 5 heteroatoms. The molecule has 16 heavy (non-hydrogen) atoms. The van der Waals surface area contributed by atoms with Crippen molar-refractivity contribution in [3.05, 3.63) is 18.0 Å². The van der Waals surface area contributed by atoms with E-state index in [1.807, 2.05) is 12.4 Å². The Balaban J connectivity index is 1.87. The third kappa shape index (κ3) is 2.81. The average Bonchev–Trinajstić information content (AvgIpc) is 2.89. The van der Waals surface area contributed by atoms with Crippen LogP contribution in [0.2, 0.25) is 0 Å². The van der Waals surface area contributed by atoms with E-state index in [-0.39, 0.29) is 6.61 Å². The smallest absolute Gasteiger partial charge is 0.0640 e. The largest absolute Gasteiger partial charge is 0.394 e. The molecule has 0 radical (unpaired) electrons. The summed E-state index contributed by atoms with van der Waals surface area (Å²) in [5, 5.41) is 16.4. The molecule has 0 aliphatic carbocycles. The van der Waals surface area contributed by atoms with E-state index in [0.29, 0.717) is 12.6 Å². The fourth-order valence-electron chi connectivity index (χ4n) is 2.15. The molecule has 1 aliphatic heterocycles. The maximum Gasteiger partial charge on any atom is 0.0640 e. The Morgan fingerprint density at radius 3 is 3.25 bits per heavy atom. The monoisotopic (exact) mass is 224 g/mol. The molecule has 2 rings (SSSR count). The minimum atomic E-state index is 0.142. The molecule has 0 aromatic carbocycles. The van der Waals surface area contributed by atoms with E-state index in [9.17, 15) is 0 Å². The first-order valence-electron chi connectivity index (χ1n) is 5.83. The summed E-state index contributed by atoms with van der Waals surface area (Å²) in [6.07, 6.45) is 5.12. The fourth-order valence-corrected chi connectivity index (χ4v) is 2.15. The number of aliphatic hydroxyl groups is 1. The van der Waals surface area contributed by atoms with Crippen molar-refractivity contribution in [3.63, 3.8) is 0 Å². The van der Waals surface area contributed by atoms with E-state index in [1.165, 1.54) is 12.0 Å². The average molecular weight is 224 g/mol. The SMILES string of the molecule is CN(Cc1cnn(CCO)c1)C1CCNC1. The summed E-state index contributed by atoms with van der Waals surface area (Å²) < 4.78 is 1.79. The maximum atomic E-state index is 8.80. The van der Waals surface area contributed by atoms with E-state index < -0.39 is 0 Å². The van der Waals surface area contributed by atoms with Gasteiger partial charge in [0.1, 0.15) is 0 Å². The number of aliphatic hydroxyl groups excluding tert-OH is 1. The molecule has 0 bridgehead atoms. The van der Waals surface area contributed by atoms with Crippen LogP contribution in [-0.2, 0) is 13.1 Å². The molecule has 2 N–H and O–H groups in total. The molecule has 1 unspecified atom stereocenters. The molecule has 1 atom stereocenters. The lowest BCUT2D eigenvalue weighted by atomic mass is 10.2. The quantitative estimate of drug-likeness (QED) is 0.719. The van der Waals surface area contributed by atoms with Gasteiger partial charge >= 0.3 is 0 Å². The zero-order valence-electron chi connectivity index (χ0n) is 9.76. The van der Waals surface area contributed by atoms with Gasteiger partial charge < -0.3 is 10.4 Å². The standard InChI is InChI=1S/C11H20N4O/c1-14(11-2-3-12-7-11)8-10-6-13-15(9-10)4-5-16/h6,9,11-12,16H,2-5,7-8H2,1H3. The second-order valence-electron chi connectivity index (χ2n) is 4.40. The first-order valence-corrected chi connectivity index (χ1v) is 5.83. The molecular weight excluding hydrogens is 204 g/mol. The second-order valence-corrected chi connectivity index (χ2v) is 4.40. The summed E-state index contributed by atoms with van der Waals surface area (Å²) in [4.78, 5) is 2.36. The van der Waals surface area contributed by atoms with Crippen LogP contribution < -0.4 is 5.32 Å². The number of nitrogens with zero attached hydrogens (tertiary/aromatic N) is 3. The number of aromatic nitrogens is 2. The minimum absolute atomic E-state index is 0.142. The lowest BCUT2D eigenvalue weighted by Crippen LogP contribution is -2.32. The molecule has 5 nitrogen and oxygen atoms in total. The molecule has 0 amide bonds. The zero-order valence-corrected chi connectivity index (χ0v) is 9.76. The van der Waals surface area contributed by atoms with Crippen molar-refractivity contribution in [3.8, 4) is 0 Å². The number of likely N-dealkylation sites (N-methyl/N-ethyl adjacent to an activating group) is 1. The lowest BCUT2D eigenvalue weighted by molar-refractivity contribution is 0.248. The van der Waals surface area contributed by atoms with Crippen LogP contribution in [0.25, 0.3) is 0 Å². The van der Waals surface area contributed by atoms with Gasteiger partial charge in [0.05, 0.1) is 19.3 Å². The first-order chi connectivity index (χ1) is 7.79. The van der Waals surface area contributed by atoms with Gasteiger partial charge in [-0.05, 0) is 20.0 Å². The van der Waals surface area contributed by atoms with Gasteiger partial charge in [-0.3, -0.25) is 9.58 Å². The van der Waals surface area contributed by atoms with Crippen LogP contribution >= 0.6 is 0 Å². The van der Waals surface area contributed by atoms with Crippen molar-refractivity contribution in [2.75, 3.05) is 26.7 Å². The number of nitrogens with one attached hydrogen (secondary N) is 1. The highest BCUT2D eigenvalue weighted by Crippen LogP contribution is 2.10. The Labute approximate surface area is 96.1 Å². The lowest BCUT2D eigenvalue weighted by Gasteiger charge is -2.22. The minimum Gasteiger partial charge on any atom is -0.394 e. The zero-order chi connectivity index (χ0) is 11.4. The van der Waals surface area contributed by atoms with E-state index in [2.05, 4.69) is 22.4 Å². The first kappa shape index (κ1) is 11.6. The van der Waals surface area contributed by atoms with Crippen LogP contribution in [0.5, 0.6) is 0 Å². The number of hydrogen-bond acceptors (Lipinski definition) is 4. The third-order valence-electron chi connectivity index (χ3n) is 3.11. The summed E-state index contributed by atoms with van der Waals surface area (Å²) >= 11 is 0. The number of rotatable bonds is 5. The van der Waals surface area contributed by atoms with Crippen LogP contribution in [0.15, 0.2) is 12.4 Å². The Kier molecular flexibility index (Phi) is 3.93. The van der Waals surface area contributed by atoms with Crippen molar-refractivity contribution >= 4 is 0 Å². The topological polar surface area (TPSA) is 53.3 Å². The van der Waals surface area contributed by atoms with Crippen LogP contribution in [-0.4, -0.2) is 52.6 Å². The van der Waals surface area contributed by atoms with Gasteiger partial charge in [0.2, 0.25) is 0 Å². The Morgan fingerprint density at radius 1 is 1.69 bits per heavy atom. The van der Waals surface area contributed by atoms with Gasteiger partial charge in [0.15, 0.2) is 0 Å². The molecule has 1 aliphatic rings. The third-order valence-corrected chi connectivity index (χ3v) is 3.11. The van der Waals surface area contributed by atoms with Crippen molar-refractivity contribution in [2.24, 2.45) is 0 Å². The van der Waals surface area contributed by atoms with Gasteiger partial charge in [0, 0.05) is 30.9 Å². The van der Waals surface area contributed by atoms with Crippen LogP contribution in [0.3, 0.4) is 0 Å². The highest BCUT2D eigenvalue weighted by Gasteiger charge is 2.19. The summed E-state index contributed by atoms with van der Waals surface area (Å²) in [5.41, 5.74) is 1.21. The van der Waals surface area contributed by atoms with Crippen molar-refractivity contribution in [1.82, 2.24) is 20.0 Å². The highest BCUT2D eigenvalue weighted by atomic mass is 16.3. The normalized spacial score (nSPS) is 20.8. The van der Waals surface area contributed by atoms with Gasteiger partial charge in [0.25, 0.3) is 0 Å². The molecular formula is C11H20N4O. The van der Waals surface area contributed by atoms with Gasteiger partial charge in [-0.2, -0.15) is 5.10 Å². The Bertz CT molecular complexity index is 320. The second kappa shape index (κ2) is 5.43. The number of hydrogen-bond donors (Lipinski definition) is 2. The van der Waals surface area contributed by atoms with E-state index in [0.717, 1.165) is 19.6 Å². The van der Waals surface area contributed by atoms with E-state index >= 15 is 0 Å². The van der Waals surface area contributed by atoms with Crippen LogP contribution in [0, 0.1) is 0 Å². The molecule has 0 spiro atoms. The van der Waals surface area contributed by atoms with Crippen LogP contribution in [0.1, 0.15) is 12.0 Å². The Hall–Kier alpha value is -0.910. The molecule has 0 saturated carbocycles. The van der Waals surface area contributed by atoms with Crippen molar-refractivity contribution in [2.45, 2.75) is 25.6 Å². The maximum absolute atomic E-state index is 8.80. The van der Waals surface area contributed by atoms with Crippen molar-refractivity contribution < 1.29 is 5.11 Å². The van der Waals surface area contributed by atoms with Gasteiger partial charge in [-0.1, -0.05) is 0 Å². The predicted octanol–water partition coefficient (Wildman–Crippen LogP) is -0.331. The summed E-state index contributed by atoms with van der Waals surface area (Å²) in [7, 11) is 2.15. The van der Waals surface area contributed by atoms with Crippen LogP contribution in [0.4, 0.5) is 0 Å². The van der Waals surface area contributed by atoms with Gasteiger partial charge in [-0.15, -0.1) is 0 Å². The summed E-state index contributed by atoms with van der Waals surface area (Å²) in [5.74, 6) is 0. The Morgan fingerprint density at radius 2 is 2.56 bits per heavy atom. The molecule has 90 valence electrons. The summed E-state index contributed by atoms with van der Waals surface area (Å²) in [6.45, 7) is 3.86. The predicted molar refractivity (Wildman–Crippen MR) is 62.1 cm³/mol. The van der Waals surface area contributed by atoms with Gasteiger partial charge in [-0.25, -0.2) is 0 Å².